The molecule has 1 amide bonds. The summed E-state index contributed by atoms with van der Waals surface area (Å²) in [6, 6.07) is 5.55. The molecule has 0 aliphatic heterocycles. The van der Waals surface area contributed by atoms with E-state index in [1.54, 1.807) is 17.1 Å². The molecule has 19 heavy (non-hydrogen) atoms. The van der Waals surface area contributed by atoms with Crippen molar-refractivity contribution < 1.29 is 4.79 Å². The van der Waals surface area contributed by atoms with Crippen LogP contribution in [0.15, 0.2) is 36.8 Å². The Labute approximate surface area is 111 Å². The predicted molar refractivity (Wildman–Crippen MR) is 71.9 cm³/mol. The average Bonchev–Trinajstić information content (AvgIpc) is 3.13. The SMILES string of the molecule is O=C(Nc1ccc(-n2cccn2)nc1)C1CCCC1. The first kappa shape index (κ1) is 11.9. The van der Waals surface area contributed by atoms with Crippen LogP contribution in [0.5, 0.6) is 0 Å². The summed E-state index contributed by atoms with van der Waals surface area (Å²) in [5.74, 6) is 1.03. The van der Waals surface area contributed by atoms with E-state index in [1.807, 2.05) is 24.4 Å². The lowest BCUT2D eigenvalue weighted by atomic mass is 10.1. The van der Waals surface area contributed by atoms with Gasteiger partial charge in [-0.25, -0.2) is 9.67 Å². The molecule has 3 rings (SSSR count). The minimum atomic E-state index is 0.117. The van der Waals surface area contributed by atoms with Gasteiger partial charge in [-0.15, -0.1) is 0 Å². The van der Waals surface area contributed by atoms with Crippen molar-refractivity contribution in [3.63, 3.8) is 0 Å². The van der Waals surface area contributed by atoms with Crippen LogP contribution in [0.1, 0.15) is 25.7 Å². The van der Waals surface area contributed by atoms with Crippen LogP contribution >= 0.6 is 0 Å². The second kappa shape index (κ2) is 5.22. The first-order valence-electron chi connectivity index (χ1n) is 6.60. The third-order valence-corrected chi connectivity index (χ3v) is 3.48. The van der Waals surface area contributed by atoms with Crippen molar-refractivity contribution in [3.8, 4) is 5.82 Å². The van der Waals surface area contributed by atoms with Crippen LogP contribution in [-0.2, 0) is 4.79 Å². The number of aromatic nitrogens is 3. The van der Waals surface area contributed by atoms with E-state index in [-0.39, 0.29) is 11.8 Å². The fourth-order valence-electron chi connectivity index (χ4n) is 2.43. The number of anilines is 1. The van der Waals surface area contributed by atoms with Gasteiger partial charge in [0.1, 0.15) is 0 Å². The third-order valence-electron chi connectivity index (χ3n) is 3.48. The molecule has 0 atom stereocenters. The first-order valence-corrected chi connectivity index (χ1v) is 6.60. The summed E-state index contributed by atoms with van der Waals surface area (Å²) in [6.07, 6.45) is 9.54. The molecule has 1 fully saturated rings. The Balaban J connectivity index is 1.67. The maximum absolute atomic E-state index is 12.0. The van der Waals surface area contributed by atoms with Crippen molar-refractivity contribution in [2.24, 2.45) is 5.92 Å². The molecule has 0 aromatic carbocycles. The Morgan fingerprint density at radius 3 is 2.79 bits per heavy atom. The normalized spacial score (nSPS) is 15.6. The number of nitrogens with one attached hydrogen (secondary N) is 1. The molecule has 2 heterocycles. The molecule has 5 nitrogen and oxygen atoms in total. The Morgan fingerprint density at radius 2 is 2.16 bits per heavy atom. The van der Waals surface area contributed by atoms with E-state index in [4.69, 9.17) is 0 Å². The zero-order valence-corrected chi connectivity index (χ0v) is 10.6. The fraction of sp³-hybridized carbons (Fsp3) is 0.357. The molecule has 1 saturated carbocycles. The van der Waals surface area contributed by atoms with Crippen LogP contribution in [-0.4, -0.2) is 20.7 Å². The number of hydrogen-bond acceptors (Lipinski definition) is 3. The summed E-state index contributed by atoms with van der Waals surface area (Å²) in [5.41, 5.74) is 0.743. The standard InChI is InChI=1S/C14H16N4O/c19-14(11-4-1-2-5-11)17-12-6-7-13(15-10-12)18-9-3-8-16-18/h3,6-11H,1-2,4-5H2,(H,17,19). The predicted octanol–water partition coefficient (Wildman–Crippen LogP) is 2.40. The molecule has 0 radical (unpaired) electrons. The molecule has 0 unspecified atom stereocenters. The summed E-state index contributed by atoms with van der Waals surface area (Å²) in [6.45, 7) is 0. The molecule has 2 aromatic rings. The lowest BCUT2D eigenvalue weighted by Gasteiger charge is -2.10. The molecule has 0 bridgehead atoms. The van der Waals surface area contributed by atoms with E-state index in [0.717, 1.165) is 37.2 Å². The van der Waals surface area contributed by atoms with Gasteiger partial charge in [-0.05, 0) is 31.0 Å². The quantitative estimate of drug-likeness (QED) is 0.917. The van der Waals surface area contributed by atoms with Gasteiger partial charge in [0.25, 0.3) is 0 Å². The smallest absolute Gasteiger partial charge is 0.227 e. The van der Waals surface area contributed by atoms with Gasteiger partial charge in [-0.1, -0.05) is 12.8 Å². The van der Waals surface area contributed by atoms with E-state index < -0.39 is 0 Å². The third kappa shape index (κ3) is 2.65. The van der Waals surface area contributed by atoms with Gasteiger partial charge >= 0.3 is 0 Å². The molecule has 1 aliphatic rings. The number of nitrogens with zero attached hydrogens (tertiary/aromatic N) is 3. The van der Waals surface area contributed by atoms with E-state index in [0.29, 0.717) is 0 Å². The van der Waals surface area contributed by atoms with Crippen molar-refractivity contribution in [3.05, 3.63) is 36.8 Å². The van der Waals surface area contributed by atoms with E-state index >= 15 is 0 Å². The molecule has 0 saturated heterocycles. The Bertz CT molecular complexity index is 541. The van der Waals surface area contributed by atoms with Crippen LogP contribution in [0.3, 0.4) is 0 Å². The zero-order valence-electron chi connectivity index (χ0n) is 10.6. The maximum Gasteiger partial charge on any atom is 0.227 e. The van der Waals surface area contributed by atoms with Gasteiger partial charge in [0, 0.05) is 18.3 Å². The maximum atomic E-state index is 12.0. The number of carbonyl (C=O) groups is 1. The molecule has 98 valence electrons. The highest BCUT2D eigenvalue weighted by Gasteiger charge is 2.22. The average molecular weight is 256 g/mol. The van der Waals surface area contributed by atoms with Gasteiger partial charge in [-0.3, -0.25) is 4.79 Å². The monoisotopic (exact) mass is 256 g/mol. The highest BCUT2D eigenvalue weighted by molar-refractivity contribution is 5.92. The molecule has 1 N–H and O–H groups in total. The summed E-state index contributed by atoms with van der Waals surface area (Å²) >= 11 is 0. The Kier molecular flexibility index (Phi) is 3.27. The van der Waals surface area contributed by atoms with Gasteiger partial charge in [-0.2, -0.15) is 5.10 Å². The summed E-state index contributed by atoms with van der Waals surface area (Å²) in [4.78, 5) is 16.3. The second-order valence-corrected chi connectivity index (χ2v) is 4.83. The minimum absolute atomic E-state index is 0.117. The van der Waals surface area contributed by atoms with Crippen LogP contribution in [0.2, 0.25) is 0 Å². The number of pyridine rings is 1. The van der Waals surface area contributed by atoms with E-state index in [9.17, 15) is 4.79 Å². The number of amides is 1. The highest BCUT2D eigenvalue weighted by atomic mass is 16.1. The number of rotatable bonds is 3. The lowest BCUT2D eigenvalue weighted by Crippen LogP contribution is -2.20. The van der Waals surface area contributed by atoms with Crippen LogP contribution < -0.4 is 5.32 Å². The Morgan fingerprint density at radius 1 is 1.32 bits per heavy atom. The van der Waals surface area contributed by atoms with Crippen LogP contribution in [0.25, 0.3) is 5.82 Å². The molecule has 2 aromatic heterocycles. The lowest BCUT2D eigenvalue weighted by molar-refractivity contribution is -0.119. The molecular formula is C14H16N4O. The number of carbonyl (C=O) groups excluding carboxylic acids is 1. The van der Waals surface area contributed by atoms with Crippen LogP contribution in [0, 0.1) is 5.92 Å². The number of hydrogen-bond donors (Lipinski definition) is 1. The molecule has 0 spiro atoms. The van der Waals surface area contributed by atoms with Gasteiger partial charge in [0.05, 0.1) is 11.9 Å². The summed E-state index contributed by atoms with van der Waals surface area (Å²) < 4.78 is 1.68. The topological polar surface area (TPSA) is 59.8 Å². The zero-order chi connectivity index (χ0) is 13.1. The first-order chi connectivity index (χ1) is 9.33. The van der Waals surface area contributed by atoms with Crippen molar-refractivity contribution in [2.45, 2.75) is 25.7 Å². The Hall–Kier alpha value is -2.17. The van der Waals surface area contributed by atoms with E-state index in [2.05, 4.69) is 15.4 Å². The van der Waals surface area contributed by atoms with Crippen LogP contribution in [0.4, 0.5) is 5.69 Å². The molecular weight excluding hydrogens is 240 g/mol. The molecule has 5 heteroatoms. The fourth-order valence-corrected chi connectivity index (χ4v) is 2.43. The van der Waals surface area contributed by atoms with Gasteiger partial charge in [0.15, 0.2) is 5.82 Å². The van der Waals surface area contributed by atoms with Crippen molar-refractivity contribution in [1.29, 1.82) is 0 Å². The van der Waals surface area contributed by atoms with Crippen molar-refractivity contribution in [1.82, 2.24) is 14.8 Å². The van der Waals surface area contributed by atoms with Gasteiger partial charge in [0.2, 0.25) is 5.91 Å². The summed E-state index contributed by atoms with van der Waals surface area (Å²) in [7, 11) is 0. The van der Waals surface area contributed by atoms with E-state index in [1.165, 1.54) is 0 Å². The van der Waals surface area contributed by atoms with Crippen molar-refractivity contribution in [2.75, 3.05) is 5.32 Å². The highest BCUT2D eigenvalue weighted by Crippen LogP contribution is 2.25. The second-order valence-electron chi connectivity index (χ2n) is 4.83. The minimum Gasteiger partial charge on any atom is -0.324 e. The van der Waals surface area contributed by atoms with Gasteiger partial charge < -0.3 is 5.32 Å². The van der Waals surface area contributed by atoms with Crippen molar-refractivity contribution >= 4 is 11.6 Å². The molecule has 1 aliphatic carbocycles. The summed E-state index contributed by atoms with van der Waals surface area (Å²) in [5, 5.41) is 7.03. The largest absolute Gasteiger partial charge is 0.324 e.